The highest BCUT2D eigenvalue weighted by Crippen LogP contribution is 2.27. The minimum absolute atomic E-state index is 0.0725. The standard InChI is InChI=1S/C20H19N5OS2/c1-14-7-8-16(15(2)12-14)21-18(26)13-28-20-23-22-19(17-6-5-11-27-17)25(20)24-9-3-4-10-24/h3-12H,13H2,1-2H3,(H,21,26). The molecule has 3 aromatic heterocycles. The molecule has 3 heterocycles. The van der Waals surface area contributed by atoms with Crippen LogP contribution in [0.4, 0.5) is 5.69 Å². The van der Waals surface area contributed by atoms with Crippen LogP contribution in [0.1, 0.15) is 11.1 Å². The van der Waals surface area contributed by atoms with Crippen LogP contribution in [-0.4, -0.2) is 31.2 Å². The number of nitrogens with zero attached hydrogens (tertiary/aromatic N) is 4. The molecule has 6 nitrogen and oxygen atoms in total. The van der Waals surface area contributed by atoms with Gasteiger partial charge in [0.2, 0.25) is 11.1 Å². The molecule has 4 aromatic rings. The number of carbonyl (C=O) groups excluding carboxylic acids is 1. The number of anilines is 1. The van der Waals surface area contributed by atoms with Crippen LogP contribution in [0.3, 0.4) is 0 Å². The third kappa shape index (κ3) is 3.88. The highest BCUT2D eigenvalue weighted by Gasteiger charge is 2.17. The summed E-state index contributed by atoms with van der Waals surface area (Å²) in [6.07, 6.45) is 3.86. The Morgan fingerprint density at radius 1 is 1.14 bits per heavy atom. The molecule has 0 aliphatic heterocycles. The molecule has 0 saturated heterocycles. The lowest BCUT2D eigenvalue weighted by Crippen LogP contribution is -2.16. The Kier molecular flexibility index (Phi) is 5.31. The van der Waals surface area contributed by atoms with E-state index in [1.165, 1.54) is 17.3 Å². The smallest absolute Gasteiger partial charge is 0.234 e. The number of thiophene rings is 1. The SMILES string of the molecule is Cc1ccc(NC(=O)CSc2nnc(-c3cccs3)n2-n2cccc2)c(C)c1. The van der Waals surface area contributed by atoms with Crippen molar-refractivity contribution in [2.75, 3.05) is 11.1 Å². The van der Waals surface area contributed by atoms with E-state index in [2.05, 4.69) is 21.6 Å². The highest BCUT2D eigenvalue weighted by atomic mass is 32.2. The lowest BCUT2D eigenvalue weighted by atomic mass is 10.1. The van der Waals surface area contributed by atoms with Gasteiger partial charge in [-0.05, 0) is 49.1 Å². The molecule has 142 valence electrons. The average molecular weight is 410 g/mol. The first-order chi connectivity index (χ1) is 13.6. The summed E-state index contributed by atoms with van der Waals surface area (Å²) in [5.74, 6) is 0.928. The monoisotopic (exact) mass is 409 g/mol. The minimum Gasteiger partial charge on any atom is -0.325 e. The van der Waals surface area contributed by atoms with Crippen LogP contribution in [0, 0.1) is 13.8 Å². The van der Waals surface area contributed by atoms with E-state index in [0.717, 1.165) is 22.0 Å². The molecule has 1 aromatic carbocycles. The third-order valence-electron chi connectivity index (χ3n) is 4.16. The van der Waals surface area contributed by atoms with Gasteiger partial charge in [-0.2, -0.15) is 0 Å². The molecule has 0 spiro atoms. The fourth-order valence-corrected chi connectivity index (χ4v) is 4.28. The quantitative estimate of drug-likeness (QED) is 0.477. The van der Waals surface area contributed by atoms with Crippen molar-refractivity contribution in [3.8, 4) is 10.7 Å². The number of rotatable bonds is 6. The number of benzene rings is 1. The zero-order chi connectivity index (χ0) is 19.5. The first kappa shape index (κ1) is 18.5. The van der Waals surface area contributed by atoms with Gasteiger partial charge in [0.25, 0.3) is 0 Å². The molecule has 0 aliphatic rings. The lowest BCUT2D eigenvalue weighted by Gasteiger charge is -2.11. The number of aryl methyl sites for hydroxylation is 2. The van der Waals surface area contributed by atoms with Crippen LogP contribution in [0.5, 0.6) is 0 Å². The predicted molar refractivity (Wildman–Crippen MR) is 114 cm³/mol. The molecule has 8 heteroatoms. The van der Waals surface area contributed by atoms with Gasteiger partial charge in [-0.25, -0.2) is 4.68 Å². The number of hydrogen-bond acceptors (Lipinski definition) is 5. The summed E-state index contributed by atoms with van der Waals surface area (Å²) in [7, 11) is 0. The summed E-state index contributed by atoms with van der Waals surface area (Å²) >= 11 is 2.97. The summed E-state index contributed by atoms with van der Waals surface area (Å²) in [5, 5.41) is 14.3. The number of thioether (sulfide) groups is 1. The molecule has 28 heavy (non-hydrogen) atoms. The van der Waals surface area contributed by atoms with Gasteiger partial charge in [-0.1, -0.05) is 35.5 Å². The second-order valence-corrected chi connectivity index (χ2v) is 8.20. The first-order valence-electron chi connectivity index (χ1n) is 8.74. The van der Waals surface area contributed by atoms with Crippen molar-refractivity contribution in [3.63, 3.8) is 0 Å². The summed E-state index contributed by atoms with van der Waals surface area (Å²) < 4.78 is 3.83. The summed E-state index contributed by atoms with van der Waals surface area (Å²) in [4.78, 5) is 13.5. The molecule has 0 aliphatic carbocycles. The second kappa shape index (κ2) is 8.04. The van der Waals surface area contributed by atoms with Gasteiger partial charge < -0.3 is 5.32 Å². The Hall–Kier alpha value is -2.84. The number of carbonyl (C=O) groups is 1. The normalized spacial score (nSPS) is 10.9. The molecule has 4 rings (SSSR count). The van der Waals surface area contributed by atoms with Crippen LogP contribution in [0.2, 0.25) is 0 Å². The number of amides is 1. The largest absolute Gasteiger partial charge is 0.325 e. The van der Waals surface area contributed by atoms with Gasteiger partial charge in [0.15, 0.2) is 5.82 Å². The van der Waals surface area contributed by atoms with E-state index in [4.69, 9.17) is 0 Å². The fraction of sp³-hybridized carbons (Fsp3) is 0.150. The molecule has 1 amide bonds. The number of aromatic nitrogens is 4. The Morgan fingerprint density at radius 2 is 1.96 bits per heavy atom. The van der Waals surface area contributed by atoms with Crippen molar-refractivity contribution in [3.05, 3.63) is 71.4 Å². The number of nitrogens with one attached hydrogen (secondary N) is 1. The van der Waals surface area contributed by atoms with Gasteiger partial charge in [0, 0.05) is 18.1 Å². The summed E-state index contributed by atoms with van der Waals surface area (Å²) in [6, 6.07) is 13.9. The van der Waals surface area contributed by atoms with Crippen molar-refractivity contribution >= 4 is 34.7 Å². The summed E-state index contributed by atoms with van der Waals surface area (Å²) in [5.41, 5.74) is 3.06. The highest BCUT2D eigenvalue weighted by molar-refractivity contribution is 7.99. The van der Waals surface area contributed by atoms with E-state index in [0.29, 0.717) is 5.16 Å². The Labute approximate surface area is 171 Å². The molecule has 0 saturated carbocycles. The predicted octanol–water partition coefficient (Wildman–Crippen LogP) is 4.47. The van der Waals surface area contributed by atoms with Crippen molar-refractivity contribution in [1.82, 2.24) is 19.5 Å². The van der Waals surface area contributed by atoms with Crippen molar-refractivity contribution < 1.29 is 4.79 Å². The minimum atomic E-state index is -0.0725. The zero-order valence-electron chi connectivity index (χ0n) is 15.5. The molecular weight excluding hydrogens is 390 g/mol. The topological polar surface area (TPSA) is 64.7 Å². The van der Waals surface area contributed by atoms with E-state index >= 15 is 0 Å². The molecule has 0 bridgehead atoms. The van der Waals surface area contributed by atoms with Crippen LogP contribution in [0.25, 0.3) is 10.7 Å². The molecular formula is C20H19N5OS2. The van der Waals surface area contributed by atoms with Crippen molar-refractivity contribution in [1.29, 1.82) is 0 Å². The van der Waals surface area contributed by atoms with Crippen molar-refractivity contribution in [2.45, 2.75) is 19.0 Å². The lowest BCUT2D eigenvalue weighted by molar-refractivity contribution is -0.113. The van der Waals surface area contributed by atoms with Crippen LogP contribution in [-0.2, 0) is 4.79 Å². The van der Waals surface area contributed by atoms with E-state index in [1.807, 2.05) is 77.4 Å². The van der Waals surface area contributed by atoms with Crippen molar-refractivity contribution in [2.24, 2.45) is 0 Å². The maximum Gasteiger partial charge on any atom is 0.234 e. The Morgan fingerprint density at radius 3 is 2.68 bits per heavy atom. The van der Waals surface area contributed by atoms with E-state index in [-0.39, 0.29) is 11.7 Å². The molecule has 0 atom stereocenters. The molecule has 1 N–H and O–H groups in total. The second-order valence-electron chi connectivity index (χ2n) is 6.31. The number of hydrogen-bond donors (Lipinski definition) is 1. The maximum atomic E-state index is 12.5. The molecule has 0 unspecified atom stereocenters. The summed E-state index contributed by atoms with van der Waals surface area (Å²) in [6.45, 7) is 4.03. The van der Waals surface area contributed by atoms with Crippen LogP contribution in [0.15, 0.2) is 65.4 Å². The van der Waals surface area contributed by atoms with Gasteiger partial charge in [-0.15, -0.1) is 21.5 Å². The van der Waals surface area contributed by atoms with E-state index < -0.39 is 0 Å². The fourth-order valence-electron chi connectivity index (χ4n) is 2.85. The van der Waals surface area contributed by atoms with E-state index in [1.54, 1.807) is 11.3 Å². The van der Waals surface area contributed by atoms with Gasteiger partial charge in [0.1, 0.15) is 0 Å². The third-order valence-corrected chi connectivity index (χ3v) is 5.95. The van der Waals surface area contributed by atoms with Gasteiger partial charge in [0.05, 0.1) is 10.6 Å². The van der Waals surface area contributed by atoms with Gasteiger partial charge in [-0.3, -0.25) is 9.47 Å². The zero-order valence-corrected chi connectivity index (χ0v) is 17.1. The maximum absolute atomic E-state index is 12.5. The molecule has 0 fully saturated rings. The Bertz CT molecular complexity index is 1080. The van der Waals surface area contributed by atoms with Gasteiger partial charge >= 0.3 is 0 Å². The first-order valence-corrected chi connectivity index (χ1v) is 10.6. The molecule has 0 radical (unpaired) electrons. The Balaban J connectivity index is 1.53. The van der Waals surface area contributed by atoms with Crippen LogP contribution < -0.4 is 5.32 Å². The average Bonchev–Trinajstić information content (AvgIpc) is 3.42. The van der Waals surface area contributed by atoms with E-state index in [9.17, 15) is 4.79 Å². The van der Waals surface area contributed by atoms with Crippen LogP contribution >= 0.6 is 23.1 Å².